The molecule has 4 nitrogen and oxygen atoms in total. The lowest BCUT2D eigenvalue weighted by Gasteiger charge is -2.01. The molecule has 2 aromatic heterocycles. The van der Waals surface area contributed by atoms with E-state index in [4.69, 9.17) is 0 Å². The minimum absolute atomic E-state index is 0.186. The molecule has 0 aliphatic rings. The lowest BCUT2D eigenvalue weighted by Crippen LogP contribution is -2.12. The summed E-state index contributed by atoms with van der Waals surface area (Å²) in [6, 6.07) is 5.26. The van der Waals surface area contributed by atoms with Crippen molar-refractivity contribution >= 4 is 27.5 Å². The molecule has 0 aliphatic carbocycles. The smallest absolute Gasteiger partial charge is 0.272 e. The Balaban J connectivity index is 2.11. The number of carbonyl (C=O) groups is 1. The van der Waals surface area contributed by atoms with Gasteiger partial charge in [0.2, 0.25) is 0 Å². The number of nitrogens with one attached hydrogen (secondary N) is 2. The van der Waals surface area contributed by atoms with E-state index in [1.165, 1.54) is 0 Å². The van der Waals surface area contributed by atoms with Crippen molar-refractivity contribution in [2.24, 2.45) is 0 Å². The third-order valence-corrected chi connectivity index (χ3v) is 2.27. The molecule has 2 rings (SSSR count). The number of carbonyl (C=O) groups excluding carboxylic acids is 1. The molecule has 0 radical (unpaired) electrons. The van der Waals surface area contributed by atoms with Crippen LogP contribution in [0.4, 0.5) is 5.69 Å². The summed E-state index contributed by atoms with van der Waals surface area (Å²) in [6.45, 7) is 0. The van der Waals surface area contributed by atoms with Gasteiger partial charge in [0.15, 0.2) is 0 Å². The number of aromatic nitrogens is 2. The van der Waals surface area contributed by atoms with Gasteiger partial charge in [0.1, 0.15) is 5.69 Å². The van der Waals surface area contributed by atoms with Crippen LogP contribution < -0.4 is 5.32 Å². The fraction of sp³-hybridized carbons (Fsp3) is 0. The molecule has 0 aliphatic heterocycles. The number of H-pyrrole nitrogens is 1. The van der Waals surface area contributed by atoms with Crippen LogP contribution in [0.2, 0.25) is 0 Å². The Kier molecular flexibility index (Phi) is 2.82. The third-order valence-electron chi connectivity index (χ3n) is 1.81. The van der Waals surface area contributed by atoms with Crippen LogP contribution in [0.25, 0.3) is 0 Å². The molecule has 2 aromatic rings. The summed E-state index contributed by atoms with van der Waals surface area (Å²) in [4.78, 5) is 18.4. The van der Waals surface area contributed by atoms with Gasteiger partial charge in [0.25, 0.3) is 5.91 Å². The van der Waals surface area contributed by atoms with Crippen molar-refractivity contribution < 1.29 is 4.79 Å². The number of pyridine rings is 1. The molecule has 0 saturated heterocycles. The number of halogens is 1. The first-order chi connectivity index (χ1) is 7.25. The average molecular weight is 266 g/mol. The first kappa shape index (κ1) is 9.92. The SMILES string of the molecule is O=C(Nc1cccnc1)c1cc(Br)c[nH]1. The summed E-state index contributed by atoms with van der Waals surface area (Å²) in [7, 11) is 0. The second-order valence-electron chi connectivity index (χ2n) is 2.93. The summed E-state index contributed by atoms with van der Waals surface area (Å²) >= 11 is 3.26. The van der Waals surface area contributed by atoms with E-state index >= 15 is 0 Å². The van der Waals surface area contributed by atoms with Crippen LogP contribution in [0.15, 0.2) is 41.3 Å². The predicted octanol–water partition coefficient (Wildman–Crippen LogP) is 2.42. The maximum atomic E-state index is 11.6. The highest BCUT2D eigenvalue weighted by Crippen LogP contribution is 2.12. The van der Waals surface area contributed by atoms with Crippen molar-refractivity contribution in [1.29, 1.82) is 0 Å². The molecule has 0 aromatic carbocycles. The number of amides is 1. The normalized spacial score (nSPS) is 9.93. The Bertz CT molecular complexity index is 467. The lowest BCUT2D eigenvalue weighted by atomic mass is 10.3. The summed E-state index contributed by atoms with van der Waals surface area (Å²) in [5.41, 5.74) is 1.18. The zero-order valence-electron chi connectivity index (χ0n) is 7.70. The van der Waals surface area contributed by atoms with Gasteiger partial charge in [-0.2, -0.15) is 0 Å². The van der Waals surface area contributed by atoms with E-state index in [-0.39, 0.29) is 5.91 Å². The highest BCUT2D eigenvalue weighted by molar-refractivity contribution is 9.10. The van der Waals surface area contributed by atoms with Crippen molar-refractivity contribution in [2.45, 2.75) is 0 Å². The molecule has 0 bridgehead atoms. The minimum Gasteiger partial charge on any atom is -0.356 e. The molecule has 2 heterocycles. The standard InChI is InChI=1S/C10H8BrN3O/c11-7-4-9(13-5-7)10(15)14-8-2-1-3-12-6-8/h1-6,13H,(H,14,15). The molecule has 2 N–H and O–H groups in total. The molecular formula is C10H8BrN3O. The molecule has 1 amide bonds. The van der Waals surface area contributed by atoms with Crippen LogP contribution in [-0.2, 0) is 0 Å². The van der Waals surface area contributed by atoms with Gasteiger partial charge in [0, 0.05) is 16.9 Å². The highest BCUT2D eigenvalue weighted by Gasteiger charge is 2.07. The summed E-state index contributed by atoms with van der Waals surface area (Å²) in [6.07, 6.45) is 4.95. The maximum Gasteiger partial charge on any atom is 0.272 e. The van der Waals surface area contributed by atoms with Crippen molar-refractivity contribution in [3.8, 4) is 0 Å². The number of rotatable bonds is 2. The fourth-order valence-electron chi connectivity index (χ4n) is 1.13. The number of nitrogens with zero attached hydrogens (tertiary/aromatic N) is 1. The van der Waals surface area contributed by atoms with Crippen LogP contribution in [0.1, 0.15) is 10.5 Å². The number of anilines is 1. The van der Waals surface area contributed by atoms with Crippen molar-refractivity contribution in [2.75, 3.05) is 5.32 Å². The lowest BCUT2D eigenvalue weighted by molar-refractivity contribution is 0.102. The monoisotopic (exact) mass is 265 g/mol. The van der Waals surface area contributed by atoms with Crippen LogP contribution in [0.3, 0.4) is 0 Å². The molecular weight excluding hydrogens is 258 g/mol. The van der Waals surface area contributed by atoms with Crippen LogP contribution in [0, 0.1) is 0 Å². The first-order valence-corrected chi connectivity index (χ1v) is 5.10. The second kappa shape index (κ2) is 4.27. The average Bonchev–Trinajstić information content (AvgIpc) is 2.66. The Morgan fingerprint density at radius 3 is 3.00 bits per heavy atom. The molecule has 5 heteroatoms. The number of aromatic amines is 1. The van der Waals surface area contributed by atoms with Gasteiger partial charge in [-0.1, -0.05) is 0 Å². The molecule has 15 heavy (non-hydrogen) atoms. The van der Waals surface area contributed by atoms with Gasteiger partial charge in [-0.05, 0) is 34.1 Å². The molecule has 0 atom stereocenters. The van der Waals surface area contributed by atoms with E-state index in [0.29, 0.717) is 11.4 Å². The Morgan fingerprint density at radius 1 is 1.53 bits per heavy atom. The molecule has 0 saturated carbocycles. The van der Waals surface area contributed by atoms with E-state index < -0.39 is 0 Å². The minimum atomic E-state index is -0.186. The topological polar surface area (TPSA) is 57.8 Å². The molecule has 0 spiro atoms. The van der Waals surface area contributed by atoms with E-state index in [0.717, 1.165) is 4.47 Å². The summed E-state index contributed by atoms with van der Waals surface area (Å²) in [5.74, 6) is -0.186. The summed E-state index contributed by atoms with van der Waals surface area (Å²) in [5, 5.41) is 2.72. The second-order valence-corrected chi connectivity index (χ2v) is 3.84. The number of hydrogen-bond acceptors (Lipinski definition) is 2. The third kappa shape index (κ3) is 2.44. The maximum absolute atomic E-state index is 11.6. The van der Waals surface area contributed by atoms with E-state index in [2.05, 4.69) is 31.2 Å². The van der Waals surface area contributed by atoms with Crippen LogP contribution in [-0.4, -0.2) is 15.9 Å². The molecule has 0 fully saturated rings. The van der Waals surface area contributed by atoms with E-state index in [1.807, 2.05) is 0 Å². The largest absolute Gasteiger partial charge is 0.356 e. The van der Waals surface area contributed by atoms with Gasteiger partial charge in [0.05, 0.1) is 11.9 Å². The van der Waals surface area contributed by atoms with Crippen molar-refractivity contribution in [1.82, 2.24) is 9.97 Å². The quantitative estimate of drug-likeness (QED) is 0.877. The van der Waals surface area contributed by atoms with Gasteiger partial charge in [-0.15, -0.1) is 0 Å². The van der Waals surface area contributed by atoms with Gasteiger partial charge < -0.3 is 10.3 Å². The van der Waals surface area contributed by atoms with Crippen LogP contribution in [0.5, 0.6) is 0 Å². The van der Waals surface area contributed by atoms with Gasteiger partial charge >= 0.3 is 0 Å². The van der Waals surface area contributed by atoms with E-state index in [1.54, 1.807) is 36.8 Å². The highest BCUT2D eigenvalue weighted by atomic mass is 79.9. The Morgan fingerprint density at radius 2 is 2.40 bits per heavy atom. The predicted molar refractivity (Wildman–Crippen MR) is 60.7 cm³/mol. The van der Waals surface area contributed by atoms with Gasteiger partial charge in [-0.3, -0.25) is 9.78 Å². The Labute approximate surface area is 94.9 Å². The first-order valence-electron chi connectivity index (χ1n) is 4.31. The summed E-state index contributed by atoms with van der Waals surface area (Å²) < 4.78 is 0.846. The van der Waals surface area contributed by atoms with Crippen LogP contribution >= 0.6 is 15.9 Å². The van der Waals surface area contributed by atoms with Crippen molar-refractivity contribution in [3.63, 3.8) is 0 Å². The zero-order valence-corrected chi connectivity index (χ0v) is 9.28. The Hall–Kier alpha value is -1.62. The van der Waals surface area contributed by atoms with Crippen molar-refractivity contribution in [3.05, 3.63) is 47.0 Å². The fourth-order valence-corrected chi connectivity index (χ4v) is 1.48. The molecule has 0 unspecified atom stereocenters. The van der Waals surface area contributed by atoms with Gasteiger partial charge in [-0.25, -0.2) is 0 Å². The zero-order chi connectivity index (χ0) is 10.7. The molecule has 76 valence electrons. The number of hydrogen-bond donors (Lipinski definition) is 2. The van der Waals surface area contributed by atoms with E-state index in [9.17, 15) is 4.79 Å².